The smallest absolute Gasteiger partial charge is 0.248 e. The van der Waals surface area contributed by atoms with E-state index in [9.17, 15) is 0 Å². The van der Waals surface area contributed by atoms with Crippen LogP contribution in [-0.4, -0.2) is 9.97 Å². The van der Waals surface area contributed by atoms with Gasteiger partial charge in [0.1, 0.15) is 10.7 Å². The summed E-state index contributed by atoms with van der Waals surface area (Å²) in [5.41, 5.74) is 1.37. The number of fused-ring (bicyclic) bond motifs is 1. The lowest BCUT2D eigenvalue weighted by Gasteiger charge is -2.17. The molecule has 0 aromatic carbocycles. The first-order chi connectivity index (χ1) is 7.83. The minimum Gasteiger partial charge on any atom is -0.422 e. The van der Waals surface area contributed by atoms with Crippen molar-refractivity contribution in [2.24, 2.45) is 0 Å². The maximum Gasteiger partial charge on any atom is 0.248 e. The monoisotopic (exact) mass is 236 g/mol. The van der Waals surface area contributed by atoms with Gasteiger partial charge in [-0.05, 0) is 25.0 Å². The van der Waals surface area contributed by atoms with E-state index in [4.69, 9.17) is 16.0 Å². The Morgan fingerprint density at radius 3 is 2.75 bits per heavy atom. The molecule has 4 heteroatoms. The molecule has 2 aromatic rings. The Morgan fingerprint density at radius 1 is 1.12 bits per heavy atom. The molecule has 1 aliphatic carbocycles. The van der Waals surface area contributed by atoms with Crippen LogP contribution in [0.25, 0.3) is 11.2 Å². The highest BCUT2D eigenvalue weighted by Crippen LogP contribution is 2.33. The van der Waals surface area contributed by atoms with Crippen molar-refractivity contribution in [1.82, 2.24) is 9.97 Å². The van der Waals surface area contributed by atoms with Crippen LogP contribution in [0, 0.1) is 0 Å². The molecule has 3 nitrogen and oxygen atoms in total. The van der Waals surface area contributed by atoms with Crippen LogP contribution in [0.15, 0.2) is 16.5 Å². The highest BCUT2D eigenvalue weighted by Gasteiger charge is 2.21. The van der Waals surface area contributed by atoms with Crippen molar-refractivity contribution in [3.8, 4) is 0 Å². The van der Waals surface area contributed by atoms with Crippen molar-refractivity contribution in [1.29, 1.82) is 0 Å². The van der Waals surface area contributed by atoms with Crippen LogP contribution in [-0.2, 0) is 0 Å². The van der Waals surface area contributed by atoms with Gasteiger partial charge in [-0.1, -0.05) is 30.9 Å². The molecule has 0 spiro atoms. The van der Waals surface area contributed by atoms with Crippen LogP contribution in [0.3, 0.4) is 0 Å². The van der Waals surface area contributed by atoms with E-state index < -0.39 is 0 Å². The molecular formula is C12H13ClN2O. The summed E-state index contributed by atoms with van der Waals surface area (Å²) < 4.78 is 5.68. The second-order valence-electron chi connectivity index (χ2n) is 4.35. The number of pyridine rings is 1. The van der Waals surface area contributed by atoms with Gasteiger partial charge in [0, 0.05) is 5.92 Å². The van der Waals surface area contributed by atoms with Crippen LogP contribution < -0.4 is 0 Å². The van der Waals surface area contributed by atoms with Gasteiger partial charge in [0.25, 0.3) is 0 Å². The van der Waals surface area contributed by atoms with Gasteiger partial charge in [0.2, 0.25) is 11.6 Å². The zero-order valence-electron chi connectivity index (χ0n) is 8.95. The molecule has 0 saturated heterocycles. The lowest BCUT2D eigenvalue weighted by molar-refractivity contribution is 0.371. The van der Waals surface area contributed by atoms with E-state index in [1.54, 1.807) is 6.07 Å². The molecule has 0 aliphatic heterocycles. The highest BCUT2D eigenvalue weighted by molar-refractivity contribution is 6.29. The molecule has 2 heterocycles. The van der Waals surface area contributed by atoms with Crippen LogP contribution in [0.5, 0.6) is 0 Å². The maximum atomic E-state index is 5.81. The lowest BCUT2D eigenvalue weighted by Crippen LogP contribution is -2.04. The highest BCUT2D eigenvalue weighted by atomic mass is 35.5. The minimum atomic E-state index is 0.457. The fourth-order valence-corrected chi connectivity index (χ4v) is 2.48. The van der Waals surface area contributed by atoms with Gasteiger partial charge in [-0.15, -0.1) is 0 Å². The largest absolute Gasteiger partial charge is 0.422 e. The van der Waals surface area contributed by atoms with E-state index in [-0.39, 0.29) is 0 Å². The van der Waals surface area contributed by atoms with E-state index in [0.717, 1.165) is 11.4 Å². The second-order valence-corrected chi connectivity index (χ2v) is 4.73. The molecule has 84 valence electrons. The summed E-state index contributed by atoms with van der Waals surface area (Å²) in [6, 6.07) is 3.61. The average molecular weight is 237 g/mol. The van der Waals surface area contributed by atoms with E-state index >= 15 is 0 Å². The third kappa shape index (κ3) is 1.80. The number of nitrogens with zero attached hydrogens (tertiary/aromatic N) is 2. The first kappa shape index (κ1) is 10.1. The summed E-state index contributed by atoms with van der Waals surface area (Å²) >= 11 is 5.81. The average Bonchev–Trinajstić information content (AvgIpc) is 2.73. The standard InChI is InChI=1S/C12H13ClN2O/c13-10-7-6-9-12(15-10)16-11(14-9)8-4-2-1-3-5-8/h6-8H,1-5H2. The molecule has 0 radical (unpaired) electrons. The molecular weight excluding hydrogens is 224 g/mol. The summed E-state index contributed by atoms with van der Waals surface area (Å²) in [6.07, 6.45) is 6.25. The first-order valence-corrected chi connectivity index (χ1v) is 6.14. The van der Waals surface area contributed by atoms with E-state index in [1.807, 2.05) is 6.07 Å². The van der Waals surface area contributed by atoms with Gasteiger partial charge < -0.3 is 4.42 Å². The third-order valence-corrected chi connectivity index (χ3v) is 3.40. The summed E-state index contributed by atoms with van der Waals surface area (Å²) in [7, 11) is 0. The minimum absolute atomic E-state index is 0.457. The first-order valence-electron chi connectivity index (χ1n) is 5.76. The van der Waals surface area contributed by atoms with Crippen molar-refractivity contribution in [3.05, 3.63) is 23.2 Å². The quantitative estimate of drug-likeness (QED) is 0.705. The number of rotatable bonds is 1. The zero-order chi connectivity index (χ0) is 11.0. The van der Waals surface area contributed by atoms with Crippen molar-refractivity contribution < 1.29 is 4.42 Å². The summed E-state index contributed by atoms with van der Waals surface area (Å²) in [5, 5.41) is 0.457. The molecule has 1 saturated carbocycles. The Morgan fingerprint density at radius 2 is 1.94 bits per heavy atom. The molecule has 1 fully saturated rings. The van der Waals surface area contributed by atoms with Gasteiger partial charge in [-0.2, -0.15) is 4.98 Å². The predicted molar refractivity (Wildman–Crippen MR) is 62.6 cm³/mol. The Hall–Kier alpha value is -1.09. The normalized spacial score (nSPS) is 18.1. The summed E-state index contributed by atoms with van der Waals surface area (Å²) in [5.74, 6) is 1.31. The Bertz CT molecular complexity index is 503. The molecule has 0 bridgehead atoms. The molecule has 0 amide bonds. The van der Waals surface area contributed by atoms with Crippen LogP contribution in [0.1, 0.15) is 43.9 Å². The molecule has 0 N–H and O–H groups in total. The molecule has 3 rings (SSSR count). The number of hydrogen-bond acceptors (Lipinski definition) is 3. The maximum absolute atomic E-state index is 5.81. The Balaban J connectivity index is 1.97. The van der Waals surface area contributed by atoms with E-state index in [1.165, 1.54) is 32.1 Å². The van der Waals surface area contributed by atoms with Crippen LogP contribution >= 0.6 is 11.6 Å². The lowest BCUT2D eigenvalue weighted by atomic mass is 9.89. The second kappa shape index (κ2) is 4.06. The van der Waals surface area contributed by atoms with Gasteiger partial charge in [-0.25, -0.2) is 4.98 Å². The SMILES string of the molecule is Clc1ccc2nc(C3CCCCC3)oc2n1. The number of halogens is 1. The van der Waals surface area contributed by atoms with Crippen LogP contribution in [0.4, 0.5) is 0 Å². The topological polar surface area (TPSA) is 38.9 Å². The van der Waals surface area contributed by atoms with Crippen molar-refractivity contribution in [2.45, 2.75) is 38.0 Å². The Labute approximate surface area is 98.8 Å². The molecule has 2 aromatic heterocycles. The predicted octanol–water partition coefficient (Wildman–Crippen LogP) is 3.92. The molecule has 1 aliphatic rings. The van der Waals surface area contributed by atoms with Gasteiger partial charge in [0.05, 0.1) is 0 Å². The van der Waals surface area contributed by atoms with Crippen molar-refractivity contribution in [2.75, 3.05) is 0 Å². The molecule has 0 atom stereocenters. The number of oxazole rings is 1. The molecule has 0 unspecified atom stereocenters. The van der Waals surface area contributed by atoms with E-state index in [2.05, 4.69) is 9.97 Å². The van der Waals surface area contributed by atoms with Gasteiger partial charge in [-0.3, -0.25) is 0 Å². The van der Waals surface area contributed by atoms with Crippen molar-refractivity contribution >= 4 is 22.8 Å². The summed E-state index contributed by atoms with van der Waals surface area (Å²) in [6.45, 7) is 0. The van der Waals surface area contributed by atoms with E-state index in [0.29, 0.717) is 16.8 Å². The van der Waals surface area contributed by atoms with Gasteiger partial charge in [0.15, 0.2) is 0 Å². The van der Waals surface area contributed by atoms with Crippen LogP contribution in [0.2, 0.25) is 5.15 Å². The number of aromatic nitrogens is 2. The fraction of sp³-hybridized carbons (Fsp3) is 0.500. The Kier molecular flexibility index (Phi) is 2.56. The molecule has 16 heavy (non-hydrogen) atoms. The summed E-state index contributed by atoms with van der Waals surface area (Å²) in [4.78, 5) is 8.62. The van der Waals surface area contributed by atoms with Crippen molar-refractivity contribution in [3.63, 3.8) is 0 Å². The zero-order valence-corrected chi connectivity index (χ0v) is 9.70. The fourth-order valence-electron chi connectivity index (χ4n) is 2.34. The number of hydrogen-bond donors (Lipinski definition) is 0. The third-order valence-electron chi connectivity index (χ3n) is 3.19. The van der Waals surface area contributed by atoms with Gasteiger partial charge >= 0.3 is 0 Å².